The third kappa shape index (κ3) is 6.96. The van der Waals surface area contributed by atoms with Gasteiger partial charge in [-0.25, -0.2) is 0 Å². The van der Waals surface area contributed by atoms with Gasteiger partial charge in [-0.3, -0.25) is 9.59 Å². The van der Waals surface area contributed by atoms with E-state index < -0.39 is 4.83 Å². The van der Waals surface area contributed by atoms with Gasteiger partial charge in [0.25, 0.3) is 0 Å². The second-order valence-electron chi connectivity index (χ2n) is 4.87. The van der Waals surface area contributed by atoms with E-state index in [1.807, 2.05) is 30.3 Å². The first-order chi connectivity index (χ1) is 10.9. The van der Waals surface area contributed by atoms with Crippen LogP contribution in [0, 0.1) is 0 Å². The zero-order chi connectivity index (χ0) is 17.4. The van der Waals surface area contributed by atoms with E-state index in [0.29, 0.717) is 6.61 Å². The standard InChI is InChI=1S/C16H18Br4O3/c1-2-23-12(22)9-8-11(21)14(18)16(20)15(19)13(17)10-6-4-3-5-7-10/h3-7,13-16H,2,8-9H2,1H3/t13-,14+,15-,16-/m1/s1. The highest BCUT2D eigenvalue weighted by atomic mass is 79.9. The van der Waals surface area contributed by atoms with E-state index in [9.17, 15) is 9.59 Å². The molecular weight excluding hydrogens is 560 g/mol. The molecule has 128 valence electrons. The Balaban J connectivity index is 2.59. The number of ketones is 1. The highest BCUT2D eigenvalue weighted by Gasteiger charge is 2.33. The van der Waals surface area contributed by atoms with Crippen molar-refractivity contribution in [3.8, 4) is 0 Å². The van der Waals surface area contributed by atoms with Gasteiger partial charge in [-0.05, 0) is 12.5 Å². The van der Waals surface area contributed by atoms with Crippen LogP contribution >= 0.6 is 63.7 Å². The lowest BCUT2D eigenvalue weighted by atomic mass is 10.0. The molecular formula is C16H18Br4O3. The number of halogens is 4. The maximum atomic E-state index is 12.2. The molecule has 1 rings (SSSR count). The molecule has 0 saturated carbocycles. The molecule has 0 aromatic heterocycles. The van der Waals surface area contributed by atoms with Crippen molar-refractivity contribution >= 4 is 75.5 Å². The van der Waals surface area contributed by atoms with Gasteiger partial charge in [-0.2, -0.15) is 0 Å². The Bertz CT molecular complexity index is 509. The number of Topliss-reactive ketones (excluding diaryl/α,β-unsaturated/α-hetero) is 1. The summed E-state index contributed by atoms with van der Waals surface area (Å²) >= 11 is 14.3. The fourth-order valence-electron chi connectivity index (χ4n) is 1.92. The molecule has 1 aromatic carbocycles. The Morgan fingerprint density at radius 1 is 1.00 bits per heavy atom. The molecule has 4 atom stereocenters. The van der Waals surface area contributed by atoms with Gasteiger partial charge in [0.15, 0.2) is 0 Å². The van der Waals surface area contributed by atoms with Crippen molar-refractivity contribution < 1.29 is 14.3 Å². The predicted octanol–water partition coefficient (Wildman–Crippen LogP) is 5.33. The van der Waals surface area contributed by atoms with Crippen LogP contribution in [0.25, 0.3) is 0 Å². The normalized spacial score (nSPS) is 16.2. The smallest absolute Gasteiger partial charge is 0.306 e. The van der Waals surface area contributed by atoms with Crippen molar-refractivity contribution in [3.63, 3.8) is 0 Å². The SMILES string of the molecule is CCOC(=O)CCC(=O)[C@H](Br)[C@@H](Br)[C@H](Br)[C@H](Br)c1ccccc1. The van der Waals surface area contributed by atoms with Gasteiger partial charge in [0.1, 0.15) is 5.78 Å². The number of alkyl halides is 4. The zero-order valence-electron chi connectivity index (χ0n) is 12.6. The summed E-state index contributed by atoms with van der Waals surface area (Å²) in [5, 5.41) is 0. The minimum Gasteiger partial charge on any atom is -0.466 e. The molecule has 0 aliphatic rings. The minimum atomic E-state index is -0.398. The molecule has 0 amide bonds. The molecule has 0 saturated heterocycles. The van der Waals surface area contributed by atoms with Gasteiger partial charge < -0.3 is 4.74 Å². The summed E-state index contributed by atoms with van der Waals surface area (Å²) in [5.74, 6) is -0.373. The van der Waals surface area contributed by atoms with Gasteiger partial charge in [0.2, 0.25) is 0 Å². The number of hydrogen-bond donors (Lipinski definition) is 0. The van der Waals surface area contributed by atoms with Crippen LogP contribution in [-0.2, 0) is 14.3 Å². The Morgan fingerprint density at radius 3 is 2.17 bits per heavy atom. The van der Waals surface area contributed by atoms with E-state index in [2.05, 4.69) is 63.7 Å². The molecule has 0 fully saturated rings. The maximum absolute atomic E-state index is 12.2. The van der Waals surface area contributed by atoms with Crippen LogP contribution in [0.3, 0.4) is 0 Å². The Hall–Kier alpha value is 0.280. The number of ether oxygens (including phenoxy) is 1. The summed E-state index contributed by atoms with van der Waals surface area (Å²) in [6, 6.07) is 9.97. The maximum Gasteiger partial charge on any atom is 0.306 e. The largest absolute Gasteiger partial charge is 0.466 e. The quantitative estimate of drug-likeness (QED) is 0.295. The molecule has 0 spiro atoms. The lowest BCUT2D eigenvalue weighted by Crippen LogP contribution is -2.33. The molecule has 0 heterocycles. The Labute approximate surface area is 170 Å². The molecule has 0 unspecified atom stereocenters. The van der Waals surface area contributed by atoms with Gasteiger partial charge in [0.05, 0.1) is 22.7 Å². The molecule has 3 nitrogen and oxygen atoms in total. The molecule has 1 aromatic rings. The molecule has 23 heavy (non-hydrogen) atoms. The predicted molar refractivity (Wildman–Crippen MR) is 107 cm³/mol. The summed E-state index contributed by atoms with van der Waals surface area (Å²) < 4.78 is 4.84. The topological polar surface area (TPSA) is 43.4 Å². The third-order valence-corrected chi connectivity index (χ3v) is 9.67. The number of carbonyl (C=O) groups excluding carboxylic acids is 2. The highest BCUT2D eigenvalue weighted by molar-refractivity contribution is 9.14. The van der Waals surface area contributed by atoms with E-state index in [1.165, 1.54) is 0 Å². The fraction of sp³-hybridized carbons (Fsp3) is 0.500. The van der Waals surface area contributed by atoms with E-state index in [0.717, 1.165) is 5.56 Å². The first-order valence-corrected chi connectivity index (χ1v) is 10.8. The first-order valence-electron chi connectivity index (χ1n) is 7.18. The van der Waals surface area contributed by atoms with Crippen LogP contribution < -0.4 is 0 Å². The van der Waals surface area contributed by atoms with Crippen LogP contribution in [0.4, 0.5) is 0 Å². The van der Waals surface area contributed by atoms with Gasteiger partial charge in [-0.1, -0.05) is 94.1 Å². The number of esters is 1. The van der Waals surface area contributed by atoms with Gasteiger partial charge in [-0.15, -0.1) is 0 Å². The third-order valence-electron chi connectivity index (χ3n) is 3.17. The van der Waals surface area contributed by atoms with Gasteiger partial charge >= 0.3 is 5.97 Å². The lowest BCUT2D eigenvalue weighted by molar-refractivity contribution is -0.144. The summed E-state index contributed by atoms with van der Waals surface area (Å²) in [6.07, 6.45) is 0.271. The van der Waals surface area contributed by atoms with E-state index >= 15 is 0 Å². The van der Waals surface area contributed by atoms with Crippen molar-refractivity contribution in [2.24, 2.45) is 0 Å². The summed E-state index contributed by atoms with van der Waals surface area (Å²) in [6.45, 7) is 2.08. The average Bonchev–Trinajstić information content (AvgIpc) is 2.58. The molecule has 0 N–H and O–H groups in total. The van der Waals surface area contributed by atoms with Crippen molar-refractivity contribution in [1.82, 2.24) is 0 Å². The van der Waals surface area contributed by atoms with Crippen LogP contribution in [0.5, 0.6) is 0 Å². The second kappa shape index (κ2) is 11.0. The average molecular weight is 578 g/mol. The first kappa shape index (κ1) is 21.3. The number of benzene rings is 1. The molecule has 7 heteroatoms. The van der Waals surface area contributed by atoms with E-state index in [4.69, 9.17) is 4.74 Å². The Kier molecular flexibility index (Phi) is 10.2. The Morgan fingerprint density at radius 2 is 1.61 bits per heavy atom. The summed E-state index contributed by atoms with van der Waals surface area (Å²) in [7, 11) is 0. The van der Waals surface area contributed by atoms with Crippen LogP contribution in [-0.4, -0.2) is 32.8 Å². The summed E-state index contributed by atoms with van der Waals surface area (Å²) in [4.78, 5) is 23.1. The van der Waals surface area contributed by atoms with Crippen molar-refractivity contribution in [3.05, 3.63) is 35.9 Å². The molecule has 0 aliphatic carbocycles. The van der Waals surface area contributed by atoms with Crippen molar-refractivity contribution in [2.75, 3.05) is 6.61 Å². The van der Waals surface area contributed by atoms with E-state index in [-0.39, 0.29) is 39.1 Å². The van der Waals surface area contributed by atoms with Crippen molar-refractivity contribution in [1.29, 1.82) is 0 Å². The summed E-state index contributed by atoms with van der Waals surface area (Å²) in [5.41, 5.74) is 1.12. The highest BCUT2D eigenvalue weighted by Crippen LogP contribution is 2.38. The number of rotatable bonds is 9. The van der Waals surface area contributed by atoms with Crippen LogP contribution in [0.1, 0.15) is 30.2 Å². The van der Waals surface area contributed by atoms with Crippen LogP contribution in [0.15, 0.2) is 30.3 Å². The molecule has 0 radical (unpaired) electrons. The van der Waals surface area contributed by atoms with Gasteiger partial charge in [0, 0.05) is 16.1 Å². The number of hydrogen-bond acceptors (Lipinski definition) is 3. The van der Waals surface area contributed by atoms with E-state index in [1.54, 1.807) is 6.92 Å². The second-order valence-corrected chi connectivity index (χ2v) is 8.96. The number of carbonyl (C=O) groups is 2. The van der Waals surface area contributed by atoms with Crippen LogP contribution in [0.2, 0.25) is 0 Å². The molecule has 0 aliphatic heterocycles. The molecule has 0 bridgehead atoms. The monoisotopic (exact) mass is 574 g/mol. The minimum absolute atomic E-state index is 0.0131. The lowest BCUT2D eigenvalue weighted by Gasteiger charge is -2.25. The zero-order valence-corrected chi connectivity index (χ0v) is 18.9. The van der Waals surface area contributed by atoms with Crippen molar-refractivity contribution in [2.45, 2.75) is 39.1 Å². The fourth-order valence-corrected chi connectivity index (χ4v) is 5.14.